The Hall–Kier alpha value is -5.23. The molecular formula is C51H61FN2O8. The van der Waals surface area contributed by atoms with Crippen molar-refractivity contribution in [1.29, 1.82) is 0 Å². The highest BCUT2D eigenvalue weighted by Crippen LogP contribution is 2.62. The van der Waals surface area contributed by atoms with Gasteiger partial charge >= 0.3 is 6.09 Å². The average Bonchev–Trinajstić information content (AvgIpc) is 3.26. The summed E-state index contributed by atoms with van der Waals surface area (Å²) in [6, 6.07) is 25.4. The smallest absolute Gasteiger partial charge is 0.410 e. The summed E-state index contributed by atoms with van der Waals surface area (Å²) in [6.07, 6.45) is 8.13. The predicted octanol–water partition coefficient (Wildman–Crippen LogP) is 10.9. The molecule has 10 nitrogen and oxygen atoms in total. The number of aliphatic hydroxyl groups excluding tert-OH is 2. The van der Waals surface area contributed by atoms with Gasteiger partial charge in [0.25, 0.3) is 0 Å². The van der Waals surface area contributed by atoms with Crippen LogP contribution in [-0.2, 0) is 20.9 Å². The number of ether oxygens (including phenoxy) is 4. The first kappa shape index (κ1) is 44.8. The van der Waals surface area contributed by atoms with Gasteiger partial charge in [-0.2, -0.15) is 0 Å². The molecule has 4 aromatic carbocycles. The molecule has 1 fully saturated rings. The Morgan fingerprint density at radius 2 is 1.66 bits per heavy atom. The van der Waals surface area contributed by atoms with Crippen molar-refractivity contribution in [2.75, 3.05) is 26.4 Å². The average molecular weight is 849 g/mol. The van der Waals surface area contributed by atoms with Crippen LogP contribution in [0.1, 0.15) is 89.7 Å². The Morgan fingerprint density at radius 3 is 2.37 bits per heavy atom. The maximum absolute atomic E-state index is 14.4. The van der Waals surface area contributed by atoms with E-state index in [4.69, 9.17) is 28.9 Å². The van der Waals surface area contributed by atoms with Crippen LogP contribution in [0.25, 0.3) is 10.8 Å². The Labute approximate surface area is 365 Å². The molecule has 0 saturated heterocycles. The van der Waals surface area contributed by atoms with Gasteiger partial charge in [-0.1, -0.05) is 72.6 Å². The molecule has 0 spiro atoms. The van der Waals surface area contributed by atoms with Crippen molar-refractivity contribution in [3.63, 3.8) is 0 Å². The molecule has 6 atom stereocenters. The molecular weight excluding hydrogens is 788 g/mol. The van der Waals surface area contributed by atoms with Gasteiger partial charge in [-0.3, -0.25) is 4.90 Å². The molecule has 1 amide bonds. The van der Waals surface area contributed by atoms with Gasteiger partial charge in [0.2, 0.25) is 5.79 Å². The van der Waals surface area contributed by atoms with Crippen molar-refractivity contribution in [1.82, 2.24) is 4.90 Å². The minimum Gasteiger partial charge on any atom is -0.459 e. The minimum atomic E-state index is -1.49. The standard InChI is InChI=1S/C51H61FN2O8/c1-6-28-59-51-46(54(49(57)58-7-2)33-34-18-21-38(52)22-19-34)32-44(53-62-50(3,4)5)42-30-37(16-10-12-26-55)41(17-11-13-27-56)47(48(42)51)43-31-40(24-25-45(43)61-51)60-39-23-20-35-14-8-9-15-36(35)29-39/h6,8-9,14-15,18-25,29-31,37,41,46-48,55-56H,1,7,10-13,16-17,26-28,32-33H2,2-5H3. The van der Waals surface area contributed by atoms with E-state index in [2.05, 4.69) is 30.9 Å². The van der Waals surface area contributed by atoms with E-state index in [0.717, 1.165) is 47.6 Å². The summed E-state index contributed by atoms with van der Waals surface area (Å²) in [4.78, 5) is 22.3. The number of halogens is 1. The number of fused-ring (bicyclic) bond motifs is 3. The van der Waals surface area contributed by atoms with Crippen LogP contribution < -0.4 is 9.47 Å². The van der Waals surface area contributed by atoms with Crippen LogP contribution in [0.15, 0.2) is 114 Å². The maximum Gasteiger partial charge on any atom is 0.410 e. The third-order valence-electron chi connectivity index (χ3n) is 12.2. The first-order chi connectivity index (χ1) is 30.0. The van der Waals surface area contributed by atoms with Crippen LogP contribution >= 0.6 is 0 Å². The summed E-state index contributed by atoms with van der Waals surface area (Å²) in [5.41, 5.74) is 2.60. The summed E-state index contributed by atoms with van der Waals surface area (Å²) in [5.74, 6) is -0.618. The van der Waals surface area contributed by atoms with Crippen molar-refractivity contribution in [3.05, 3.63) is 126 Å². The van der Waals surface area contributed by atoms with Crippen LogP contribution in [0.4, 0.5) is 9.18 Å². The van der Waals surface area contributed by atoms with Gasteiger partial charge < -0.3 is 34.0 Å². The van der Waals surface area contributed by atoms with Crippen molar-refractivity contribution in [2.45, 2.75) is 103 Å². The molecule has 11 heteroatoms. The number of carbonyl (C=O) groups is 1. The molecule has 0 aromatic heterocycles. The number of rotatable bonds is 18. The molecule has 0 radical (unpaired) electrons. The fraction of sp³-hybridized carbons (Fsp3) is 0.451. The molecule has 62 heavy (non-hydrogen) atoms. The highest BCUT2D eigenvalue weighted by atomic mass is 19.1. The van der Waals surface area contributed by atoms with Crippen LogP contribution in [0, 0.1) is 23.6 Å². The maximum atomic E-state index is 14.4. The number of benzene rings is 4. The van der Waals surface area contributed by atoms with E-state index in [1.807, 2.05) is 63.2 Å². The fourth-order valence-corrected chi connectivity index (χ4v) is 9.57. The zero-order chi connectivity index (χ0) is 43.9. The summed E-state index contributed by atoms with van der Waals surface area (Å²) >= 11 is 0. The van der Waals surface area contributed by atoms with Gasteiger partial charge in [0.1, 0.15) is 34.7 Å². The molecule has 1 aliphatic heterocycles. The fourth-order valence-electron chi connectivity index (χ4n) is 9.57. The van der Waals surface area contributed by atoms with E-state index >= 15 is 0 Å². The Balaban J connectivity index is 1.46. The van der Waals surface area contributed by atoms with Gasteiger partial charge in [0.05, 0.1) is 24.8 Å². The van der Waals surface area contributed by atoms with E-state index in [-0.39, 0.29) is 63.0 Å². The van der Waals surface area contributed by atoms with Crippen LogP contribution in [-0.4, -0.2) is 70.8 Å². The summed E-state index contributed by atoms with van der Waals surface area (Å²) in [7, 11) is 0. The molecule has 2 N–H and O–H groups in total. The van der Waals surface area contributed by atoms with E-state index < -0.39 is 29.4 Å². The second-order valence-electron chi connectivity index (χ2n) is 17.5. The number of nitrogens with zero attached hydrogens (tertiary/aromatic N) is 2. The highest BCUT2D eigenvalue weighted by molar-refractivity contribution is 6.03. The lowest BCUT2D eigenvalue weighted by Crippen LogP contribution is -2.70. The SMILES string of the molecule is C=CCOC12Oc3ccc(Oc4ccc5ccccc5c4)cc3C3C(CCCCO)C(CCCCO)C=C(C(=NOC(C)(C)C)CC1N(Cc1ccc(F)cc1)C(=O)OCC)C32. The Morgan fingerprint density at radius 1 is 0.952 bits per heavy atom. The number of hydrogen-bond donors (Lipinski definition) is 2. The topological polar surface area (TPSA) is 119 Å². The number of aliphatic hydroxyl groups is 2. The minimum absolute atomic E-state index is 0.0240. The molecule has 6 unspecified atom stereocenters. The number of amides is 1. The Bertz CT molecular complexity index is 2240. The van der Waals surface area contributed by atoms with Crippen molar-refractivity contribution in [3.8, 4) is 17.2 Å². The van der Waals surface area contributed by atoms with E-state index in [1.54, 1.807) is 30.0 Å². The quantitative estimate of drug-likeness (QED) is 0.0577. The number of hydrogen-bond acceptors (Lipinski definition) is 9. The molecule has 7 rings (SSSR count). The molecule has 1 heterocycles. The summed E-state index contributed by atoms with van der Waals surface area (Å²) in [6.45, 7) is 12.1. The normalized spacial score (nSPS) is 23.4. The third kappa shape index (κ3) is 9.85. The third-order valence-corrected chi connectivity index (χ3v) is 12.2. The zero-order valence-corrected chi connectivity index (χ0v) is 36.4. The van der Waals surface area contributed by atoms with Crippen molar-refractivity contribution in [2.24, 2.45) is 22.9 Å². The molecule has 2 aliphatic carbocycles. The molecule has 4 aromatic rings. The van der Waals surface area contributed by atoms with E-state index in [0.29, 0.717) is 41.4 Å². The van der Waals surface area contributed by atoms with Crippen LogP contribution in [0.3, 0.4) is 0 Å². The first-order valence-electron chi connectivity index (χ1n) is 22.1. The number of carbonyl (C=O) groups excluding carboxylic acids is 1. The molecule has 330 valence electrons. The van der Waals surface area contributed by atoms with Gasteiger partial charge in [-0.05, 0) is 130 Å². The highest BCUT2D eigenvalue weighted by Gasteiger charge is 2.65. The number of oxime groups is 1. The largest absolute Gasteiger partial charge is 0.459 e. The molecule has 3 aliphatic rings. The lowest BCUT2D eigenvalue weighted by molar-refractivity contribution is -0.256. The van der Waals surface area contributed by atoms with Crippen LogP contribution in [0.2, 0.25) is 0 Å². The van der Waals surface area contributed by atoms with Crippen molar-refractivity contribution >= 4 is 22.6 Å². The van der Waals surface area contributed by atoms with Gasteiger partial charge in [0, 0.05) is 37.7 Å². The summed E-state index contributed by atoms with van der Waals surface area (Å²) in [5, 5.41) is 27.0. The van der Waals surface area contributed by atoms with Gasteiger partial charge in [0.15, 0.2) is 0 Å². The first-order valence-corrected chi connectivity index (χ1v) is 22.1. The predicted molar refractivity (Wildman–Crippen MR) is 239 cm³/mol. The number of unbranched alkanes of at least 4 members (excludes halogenated alkanes) is 2. The zero-order valence-electron chi connectivity index (χ0n) is 36.4. The second kappa shape index (κ2) is 19.9. The number of allylic oxidation sites excluding steroid dienone is 1. The lowest BCUT2D eigenvalue weighted by atomic mass is 9.55. The van der Waals surface area contributed by atoms with Crippen LogP contribution in [0.5, 0.6) is 17.2 Å². The van der Waals surface area contributed by atoms with Gasteiger partial charge in [-0.25, -0.2) is 9.18 Å². The monoisotopic (exact) mass is 848 g/mol. The lowest BCUT2D eigenvalue weighted by Gasteiger charge is -2.60. The van der Waals surface area contributed by atoms with Crippen molar-refractivity contribution < 1.29 is 43.2 Å². The summed E-state index contributed by atoms with van der Waals surface area (Å²) < 4.78 is 41.1. The molecule has 1 saturated carbocycles. The second-order valence-corrected chi connectivity index (χ2v) is 17.5. The molecule has 0 bridgehead atoms. The van der Waals surface area contributed by atoms with Gasteiger partial charge in [-0.15, -0.1) is 6.58 Å². The van der Waals surface area contributed by atoms with E-state index in [9.17, 15) is 19.4 Å². The Kier molecular flexibility index (Phi) is 14.4. The van der Waals surface area contributed by atoms with E-state index in [1.165, 1.54) is 12.1 Å².